The van der Waals surface area contributed by atoms with Crippen molar-refractivity contribution in [2.75, 3.05) is 6.79 Å². The van der Waals surface area contributed by atoms with Crippen molar-refractivity contribution in [3.8, 4) is 0 Å². The second kappa shape index (κ2) is 3.67. The first-order chi connectivity index (χ1) is 5.79. The number of ether oxygens (including phenoxy) is 2. The highest BCUT2D eigenvalue weighted by Gasteiger charge is 2.17. The molecule has 3 heteroatoms. The Kier molecular flexibility index (Phi) is 2.58. The van der Waals surface area contributed by atoms with Gasteiger partial charge in [0.05, 0.1) is 0 Å². The highest BCUT2D eigenvalue weighted by atomic mass is 16.7. The lowest BCUT2D eigenvalue weighted by Crippen LogP contribution is -1.90. The van der Waals surface area contributed by atoms with Crippen molar-refractivity contribution >= 4 is 0 Å². The van der Waals surface area contributed by atoms with E-state index in [1.165, 1.54) is 18.2 Å². The van der Waals surface area contributed by atoms with Gasteiger partial charge in [-0.15, -0.1) is 0 Å². The first-order valence-corrected chi connectivity index (χ1v) is 3.44. The molecule has 0 saturated heterocycles. The Morgan fingerprint density at radius 1 is 1.42 bits per heavy atom. The minimum Gasteiger partial charge on any atom is -0.504 e. The van der Waals surface area contributed by atoms with E-state index in [0.717, 1.165) is 0 Å². The molecule has 64 valence electrons. The van der Waals surface area contributed by atoms with Gasteiger partial charge in [0.2, 0.25) is 12.6 Å². The molecule has 0 unspecified atom stereocenters. The van der Waals surface area contributed by atoms with E-state index in [2.05, 4.69) is 13.2 Å². The van der Waals surface area contributed by atoms with Crippen LogP contribution >= 0.6 is 0 Å². The second-order valence-corrected chi connectivity index (χ2v) is 2.09. The lowest BCUT2D eigenvalue weighted by atomic mass is 10.3. The third kappa shape index (κ3) is 1.50. The summed E-state index contributed by atoms with van der Waals surface area (Å²) in [6, 6.07) is 0. The number of aliphatic hydroxyl groups is 1. The molecular formula is C9H10O3. The molecule has 0 fully saturated rings. The van der Waals surface area contributed by atoms with Crippen molar-refractivity contribution in [2.45, 2.75) is 0 Å². The Morgan fingerprint density at radius 3 is 2.75 bits per heavy atom. The summed E-state index contributed by atoms with van der Waals surface area (Å²) in [6.07, 6.45) is 4.37. The number of allylic oxidation sites excluding steroid dienone is 3. The summed E-state index contributed by atoms with van der Waals surface area (Å²) in [6.45, 7) is 7.07. The van der Waals surface area contributed by atoms with Crippen LogP contribution in [0.5, 0.6) is 0 Å². The van der Waals surface area contributed by atoms with Gasteiger partial charge in [-0.2, -0.15) is 0 Å². The normalized spacial score (nSPS) is 16.8. The van der Waals surface area contributed by atoms with Crippen LogP contribution in [0.2, 0.25) is 0 Å². The average molecular weight is 166 g/mol. The molecule has 1 N–H and O–H groups in total. The molecule has 0 aromatic heterocycles. The van der Waals surface area contributed by atoms with Gasteiger partial charge in [-0.25, -0.2) is 0 Å². The van der Waals surface area contributed by atoms with Gasteiger partial charge in [0.1, 0.15) is 0 Å². The first kappa shape index (κ1) is 8.46. The third-order valence-electron chi connectivity index (χ3n) is 1.34. The smallest absolute Gasteiger partial charge is 0.231 e. The van der Waals surface area contributed by atoms with Crippen molar-refractivity contribution in [2.24, 2.45) is 0 Å². The predicted molar refractivity (Wildman–Crippen MR) is 45.2 cm³/mol. The standard InChI is InChI=1S/C9H10O3/c1-3-5-7(10)9-8(4-2)11-6-12-9/h3-5,10H,1-2,6H2/b7-5+. The molecule has 0 saturated carbocycles. The zero-order chi connectivity index (χ0) is 8.97. The zero-order valence-corrected chi connectivity index (χ0v) is 6.62. The number of hydrogen-bond acceptors (Lipinski definition) is 3. The molecule has 0 atom stereocenters. The summed E-state index contributed by atoms with van der Waals surface area (Å²) in [7, 11) is 0. The van der Waals surface area contributed by atoms with Gasteiger partial charge in [0, 0.05) is 0 Å². The molecular weight excluding hydrogens is 156 g/mol. The zero-order valence-electron chi connectivity index (χ0n) is 6.62. The topological polar surface area (TPSA) is 38.7 Å². The van der Waals surface area contributed by atoms with E-state index in [9.17, 15) is 5.11 Å². The summed E-state index contributed by atoms with van der Waals surface area (Å²) in [4.78, 5) is 0. The maximum absolute atomic E-state index is 9.33. The molecule has 0 amide bonds. The molecule has 1 aliphatic heterocycles. The molecule has 0 aromatic carbocycles. The molecule has 1 rings (SSSR count). The largest absolute Gasteiger partial charge is 0.504 e. The van der Waals surface area contributed by atoms with Gasteiger partial charge in [0.25, 0.3) is 0 Å². The van der Waals surface area contributed by atoms with Crippen LogP contribution in [0.1, 0.15) is 0 Å². The van der Waals surface area contributed by atoms with E-state index in [-0.39, 0.29) is 12.6 Å². The highest BCUT2D eigenvalue weighted by Crippen LogP contribution is 2.22. The van der Waals surface area contributed by atoms with Crippen LogP contribution in [0.3, 0.4) is 0 Å². The van der Waals surface area contributed by atoms with Gasteiger partial charge in [0.15, 0.2) is 11.5 Å². The van der Waals surface area contributed by atoms with Gasteiger partial charge in [-0.3, -0.25) is 0 Å². The summed E-state index contributed by atoms with van der Waals surface area (Å²) >= 11 is 0. The number of rotatable bonds is 3. The van der Waals surface area contributed by atoms with E-state index >= 15 is 0 Å². The molecule has 0 radical (unpaired) electrons. The summed E-state index contributed by atoms with van der Waals surface area (Å²) < 4.78 is 9.98. The van der Waals surface area contributed by atoms with Gasteiger partial charge < -0.3 is 14.6 Å². The van der Waals surface area contributed by atoms with Crippen LogP contribution in [-0.4, -0.2) is 11.9 Å². The van der Waals surface area contributed by atoms with Crippen molar-refractivity contribution < 1.29 is 14.6 Å². The fourth-order valence-electron chi connectivity index (χ4n) is 0.828. The van der Waals surface area contributed by atoms with Gasteiger partial charge in [-0.05, 0) is 12.2 Å². The van der Waals surface area contributed by atoms with Crippen molar-refractivity contribution in [3.05, 3.63) is 48.7 Å². The summed E-state index contributed by atoms with van der Waals surface area (Å²) in [5.74, 6) is 0.757. The summed E-state index contributed by atoms with van der Waals surface area (Å²) in [5.41, 5.74) is 0. The minimum atomic E-state index is -0.00241. The maximum Gasteiger partial charge on any atom is 0.231 e. The van der Waals surface area contributed by atoms with Crippen LogP contribution in [0.4, 0.5) is 0 Å². The van der Waals surface area contributed by atoms with E-state index in [1.807, 2.05) is 0 Å². The Labute approximate surface area is 70.9 Å². The molecule has 0 spiro atoms. The Balaban J connectivity index is 2.92. The Bertz CT molecular complexity index is 261. The molecule has 1 heterocycles. The highest BCUT2D eigenvalue weighted by molar-refractivity contribution is 5.31. The fraction of sp³-hybridized carbons (Fsp3) is 0.111. The first-order valence-electron chi connectivity index (χ1n) is 3.44. The lowest BCUT2D eigenvalue weighted by molar-refractivity contribution is 0.0720. The second-order valence-electron chi connectivity index (χ2n) is 2.09. The SMILES string of the molecule is C=C/C=C(/O)C1=C(C=C)OCO1. The van der Waals surface area contributed by atoms with Crippen LogP contribution in [-0.2, 0) is 9.47 Å². The summed E-state index contributed by atoms with van der Waals surface area (Å²) in [5, 5.41) is 9.33. The Morgan fingerprint density at radius 2 is 2.17 bits per heavy atom. The fourth-order valence-corrected chi connectivity index (χ4v) is 0.828. The van der Waals surface area contributed by atoms with Crippen molar-refractivity contribution in [3.63, 3.8) is 0 Å². The molecule has 0 aliphatic carbocycles. The van der Waals surface area contributed by atoms with E-state index < -0.39 is 0 Å². The molecule has 12 heavy (non-hydrogen) atoms. The maximum atomic E-state index is 9.33. The Hall–Kier alpha value is -1.64. The van der Waals surface area contributed by atoms with E-state index in [0.29, 0.717) is 11.5 Å². The molecule has 0 aromatic rings. The van der Waals surface area contributed by atoms with Crippen LogP contribution < -0.4 is 0 Å². The molecule has 0 bridgehead atoms. The van der Waals surface area contributed by atoms with E-state index in [1.54, 1.807) is 0 Å². The lowest BCUT2D eigenvalue weighted by Gasteiger charge is -1.97. The minimum absolute atomic E-state index is 0.00241. The third-order valence-corrected chi connectivity index (χ3v) is 1.34. The predicted octanol–water partition coefficient (Wildman–Crippen LogP) is 2.02. The van der Waals surface area contributed by atoms with Crippen LogP contribution in [0, 0.1) is 0 Å². The molecule has 3 nitrogen and oxygen atoms in total. The average Bonchev–Trinajstić information content (AvgIpc) is 2.51. The quantitative estimate of drug-likeness (QED) is 0.515. The van der Waals surface area contributed by atoms with Gasteiger partial charge in [-0.1, -0.05) is 19.2 Å². The molecule has 1 aliphatic rings. The van der Waals surface area contributed by atoms with Crippen LogP contribution in [0.15, 0.2) is 48.7 Å². The van der Waals surface area contributed by atoms with Crippen molar-refractivity contribution in [1.82, 2.24) is 0 Å². The van der Waals surface area contributed by atoms with E-state index in [4.69, 9.17) is 9.47 Å². The number of aliphatic hydroxyl groups excluding tert-OH is 1. The van der Waals surface area contributed by atoms with Crippen LogP contribution in [0.25, 0.3) is 0 Å². The van der Waals surface area contributed by atoms with Gasteiger partial charge >= 0.3 is 0 Å². The van der Waals surface area contributed by atoms with Crippen molar-refractivity contribution in [1.29, 1.82) is 0 Å². The monoisotopic (exact) mass is 166 g/mol. The number of hydrogen-bond donors (Lipinski definition) is 1.